The summed E-state index contributed by atoms with van der Waals surface area (Å²) in [6.07, 6.45) is 6.12. The van der Waals surface area contributed by atoms with Gasteiger partial charge in [0.15, 0.2) is 16.6 Å². The molecule has 1 N–H and O–H groups in total. The number of rotatable bonds is 14. The summed E-state index contributed by atoms with van der Waals surface area (Å²) < 4.78 is 1.36. The molecule has 0 saturated heterocycles. The highest BCUT2D eigenvalue weighted by Gasteiger charge is 2.22. The van der Waals surface area contributed by atoms with Crippen molar-refractivity contribution in [2.24, 2.45) is 16.8 Å². The molecule has 0 amide bonds. The average Bonchev–Trinajstić information content (AvgIpc) is 3.61. The molecule has 4 rings (SSSR count). The molecular weight excluding hydrogens is 554 g/mol. The number of benzene rings is 1. The Morgan fingerprint density at radius 3 is 2.30 bits per heavy atom. The number of unbranched alkanes of at least 4 members (excludes halogenated alkanes) is 1. The number of hydrogen-bond donors (Lipinski definition) is 1. The van der Waals surface area contributed by atoms with Crippen molar-refractivity contribution in [2.45, 2.75) is 86.0 Å². The second-order valence-electron chi connectivity index (χ2n) is 12.1. The van der Waals surface area contributed by atoms with Gasteiger partial charge in [0.25, 0.3) is 0 Å². The number of nitrogens with zero attached hydrogens (tertiary/aromatic N) is 7. The maximum Gasteiger partial charge on any atom is 0.233 e. The molecule has 43 heavy (non-hydrogen) atoms. The summed E-state index contributed by atoms with van der Waals surface area (Å²) in [5.41, 5.74) is 2.19. The Morgan fingerprint density at radius 1 is 1.05 bits per heavy atom. The van der Waals surface area contributed by atoms with Crippen molar-refractivity contribution in [1.29, 1.82) is 5.26 Å². The fraction of sp³-hybridized carbons (Fsp3) is 0.500. The van der Waals surface area contributed by atoms with Gasteiger partial charge in [-0.15, -0.1) is 5.10 Å². The van der Waals surface area contributed by atoms with Gasteiger partial charge in [-0.2, -0.15) is 9.78 Å². The Morgan fingerprint density at radius 2 is 1.72 bits per heavy atom. The van der Waals surface area contributed by atoms with Crippen LogP contribution < -0.4 is 15.5 Å². The van der Waals surface area contributed by atoms with Crippen LogP contribution in [-0.4, -0.2) is 37.8 Å². The second kappa shape index (κ2) is 14.6. The number of aromatic hydroxyl groups is 1. The smallest absolute Gasteiger partial charge is 0.233 e. The van der Waals surface area contributed by atoms with Crippen LogP contribution in [0.4, 0.5) is 10.1 Å². The Kier molecular flexibility index (Phi) is 10.9. The highest BCUT2D eigenvalue weighted by atomic mass is 32.1. The highest BCUT2D eigenvalue weighted by molar-refractivity contribution is 7.19. The van der Waals surface area contributed by atoms with Gasteiger partial charge in [0.05, 0.1) is 0 Å². The van der Waals surface area contributed by atoms with Gasteiger partial charge in [-0.3, -0.25) is 0 Å². The van der Waals surface area contributed by atoms with Crippen molar-refractivity contribution in [1.82, 2.24) is 19.6 Å². The van der Waals surface area contributed by atoms with Crippen LogP contribution in [0.5, 0.6) is 5.88 Å². The lowest BCUT2D eigenvalue weighted by Crippen LogP contribution is -2.30. The summed E-state index contributed by atoms with van der Waals surface area (Å²) in [4.78, 5) is 17.6. The molecule has 0 aliphatic heterocycles. The molecule has 8 nitrogen and oxygen atoms in total. The SMILES string of the molecule is C=c1c(C#N)c(O)n2nc(C(CC)CCCC)nc2c1=Nc1sc(N(CCC(C)C)CCC(C)C)nc1-c1ccccc1. The molecule has 1 aromatic carbocycles. The number of nitriles is 1. The minimum absolute atomic E-state index is 0.0470. The van der Waals surface area contributed by atoms with Gasteiger partial charge >= 0.3 is 0 Å². The molecule has 0 aliphatic rings. The molecule has 4 aromatic rings. The predicted molar refractivity (Wildman–Crippen MR) is 177 cm³/mol. The van der Waals surface area contributed by atoms with Crippen LogP contribution in [0.15, 0.2) is 35.3 Å². The van der Waals surface area contributed by atoms with Gasteiger partial charge in [0, 0.05) is 29.8 Å². The minimum Gasteiger partial charge on any atom is -0.492 e. The van der Waals surface area contributed by atoms with Crippen molar-refractivity contribution in [3.63, 3.8) is 0 Å². The first-order valence-electron chi connectivity index (χ1n) is 15.6. The third kappa shape index (κ3) is 7.42. The van der Waals surface area contributed by atoms with E-state index in [0.717, 1.165) is 68.0 Å². The third-order valence-electron chi connectivity index (χ3n) is 7.80. The summed E-state index contributed by atoms with van der Waals surface area (Å²) in [5, 5.41) is 28.1. The zero-order chi connectivity index (χ0) is 31.1. The normalized spacial score (nSPS) is 12.9. The molecule has 3 heterocycles. The van der Waals surface area contributed by atoms with E-state index in [1.807, 2.05) is 30.3 Å². The van der Waals surface area contributed by atoms with E-state index < -0.39 is 0 Å². The number of anilines is 1. The molecule has 1 atom stereocenters. The number of fused-ring (bicyclic) bond motifs is 1. The fourth-order valence-corrected chi connectivity index (χ4v) is 6.04. The van der Waals surface area contributed by atoms with Crippen molar-refractivity contribution < 1.29 is 5.11 Å². The van der Waals surface area contributed by atoms with E-state index in [0.29, 0.717) is 38.9 Å². The number of pyridine rings is 1. The molecule has 0 spiro atoms. The zero-order valence-electron chi connectivity index (χ0n) is 26.5. The van der Waals surface area contributed by atoms with Crippen LogP contribution >= 0.6 is 11.3 Å². The molecule has 9 heteroatoms. The summed E-state index contributed by atoms with van der Waals surface area (Å²) in [6.45, 7) is 19.3. The summed E-state index contributed by atoms with van der Waals surface area (Å²) >= 11 is 1.54. The highest BCUT2D eigenvalue weighted by Crippen LogP contribution is 2.40. The summed E-state index contributed by atoms with van der Waals surface area (Å²) in [7, 11) is 0. The van der Waals surface area contributed by atoms with Crippen LogP contribution in [0.2, 0.25) is 0 Å². The standard InChI is InChI=1S/C34H45N7OS/c1-8-10-14-25(9-2)30-38-31-28(24(7)27(21-35)33(42)41(31)39-30)36-32-29(26-15-12-11-13-16-26)37-34(43-32)40(19-17-22(3)4)20-18-23(5)6/h11-13,15-16,22-23,25,42H,7-10,14,17-20H2,1-6H3. The monoisotopic (exact) mass is 599 g/mol. The van der Waals surface area contributed by atoms with Crippen molar-refractivity contribution >= 4 is 33.7 Å². The van der Waals surface area contributed by atoms with Crippen molar-refractivity contribution in [3.05, 3.63) is 52.3 Å². The average molecular weight is 600 g/mol. The van der Waals surface area contributed by atoms with Crippen LogP contribution in [-0.2, 0) is 0 Å². The van der Waals surface area contributed by atoms with Crippen molar-refractivity contribution in [3.8, 4) is 23.2 Å². The van der Waals surface area contributed by atoms with Crippen molar-refractivity contribution in [2.75, 3.05) is 18.0 Å². The van der Waals surface area contributed by atoms with E-state index in [4.69, 9.17) is 15.0 Å². The quantitative estimate of drug-likeness (QED) is 0.162. The van der Waals surface area contributed by atoms with E-state index in [2.05, 4.69) is 64.2 Å². The van der Waals surface area contributed by atoms with E-state index in [1.54, 1.807) is 11.3 Å². The molecule has 0 saturated carbocycles. The molecule has 3 aromatic heterocycles. The van der Waals surface area contributed by atoms with Crippen LogP contribution in [0.25, 0.3) is 23.5 Å². The Labute approximate surface area is 259 Å². The Bertz CT molecular complexity index is 1650. The number of thiazole rings is 1. The maximum atomic E-state index is 11.0. The topological polar surface area (TPSA) is 103 Å². The molecule has 0 fully saturated rings. The third-order valence-corrected chi connectivity index (χ3v) is 8.81. The molecular formula is C34H45N7OS. The van der Waals surface area contributed by atoms with Gasteiger partial charge in [0.1, 0.15) is 27.7 Å². The van der Waals surface area contributed by atoms with Gasteiger partial charge in [-0.05, 0) is 37.5 Å². The van der Waals surface area contributed by atoms with Crippen LogP contribution in [0.1, 0.15) is 97.4 Å². The minimum atomic E-state index is -0.257. The first kappa shape index (κ1) is 32.2. The van der Waals surface area contributed by atoms with Gasteiger partial charge in [-0.1, -0.05) is 103 Å². The van der Waals surface area contributed by atoms with E-state index in [1.165, 1.54) is 4.52 Å². The van der Waals surface area contributed by atoms with Crippen LogP contribution in [0, 0.1) is 23.2 Å². The fourth-order valence-electron chi connectivity index (χ4n) is 5.03. The first-order valence-corrected chi connectivity index (χ1v) is 16.4. The largest absolute Gasteiger partial charge is 0.492 e. The van der Waals surface area contributed by atoms with E-state index >= 15 is 0 Å². The first-order chi connectivity index (χ1) is 20.7. The van der Waals surface area contributed by atoms with Gasteiger partial charge in [-0.25, -0.2) is 15.0 Å². The zero-order valence-corrected chi connectivity index (χ0v) is 27.3. The summed E-state index contributed by atoms with van der Waals surface area (Å²) in [5.74, 6) is 1.70. The predicted octanol–water partition coefficient (Wildman–Crippen LogP) is 7.37. The van der Waals surface area contributed by atoms with Crippen LogP contribution in [0.3, 0.4) is 0 Å². The lowest BCUT2D eigenvalue weighted by molar-refractivity contribution is 0.431. The van der Waals surface area contributed by atoms with E-state index in [-0.39, 0.29) is 17.4 Å². The second-order valence-corrected chi connectivity index (χ2v) is 13.0. The Balaban J connectivity index is 1.96. The summed E-state index contributed by atoms with van der Waals surface area (Å²) in [6, 6.07) is 12.2. The molecule has 1 unspecified atom stereocenters. The number of hydrogen-bond acceptors (Lipinski definition) is 8. The van der Waals surface area contributed by atoms with E-state index in [9.17, 15) is 10.4 Å². The maximum absolute atomic E-state index is 11.0. The molecule has 228 valence electrons. The molecule has 0 radical (unpaired) electrons. The Hall–Kier alpha value is -3.77. The van der Waals surface area contributed by atoms with Gasteiger partial charge in [0.2, 0.25) is 5.88 Å². The lowest BCUT2D eigenvalue weighted by Gasteiger charge is -2.23. The molecule has 0 aliphatic carbocycles. The van der Waals surface area contributed by atoms with Gasteiger partial charge < -0.3 is 10.0 Å². The molecule has 0 bridgehead atoms. The lowest BCUT2D eigenvalue weighted by atomic mass is 9.99. The number of aromatic nitrogens is 4.